The van der Waals surface area contributed by atoms with Gasteiger partial charge >= 0.3 is 0 Å². The number of carbonyl (C=O) groups excluding carboxylic acids is 1. The highest BCUT2D eigenvalue weighted by atomic mass is 19.2. The predicted molar refractivity (Wildman–Crippen MR) is 62.2 cm³/mol. The summed E-state index contributed by atoms with van der Waals surface area (Å²) < 4.78 is 30.8. The molecule has 1 heterocycles. The summed E-state index contributed by atoms with van der Waals surface area (Å²) in [7, 11) is 0. The van der Waals surface area contributed by atoms with Gasteiger partial charge in [-0.15, -0.1) is 0 Å². The van der Waals surface area contributed by atoms with Gasteiger partial charge in [-0.3, -0.25) is 4.79 Å². The molecule has 0 saturated carbocycles. The Labute approximate surface area is 109 Å². The number of hydrogen-bond donors (Lipinski definition) is 0. The van der Waals surface area contributed by atoms with Crippen molar-refractivity contribution >= 4 is 5.91 Å². The average Bonchev–Trinajstić information content (AvgIpc) is 2.75. The molecule has 1 fully saturated rings. The maximum atomic E-state index is 12.9. The molecule has 6 heteroatoms. The van der Waals surface area contributed by atoms with Crippen molar-refractivity contribution in [3.05, 3.63) is 29.8 Å². The second-order valence-corrected chi connectivity index (χ2v) is 4.29. The number of hydrogen-bond acceptors (Lipinski definition) is 3. The average molecular weight is 266 g/mol. The van der Waals surface area contributed by atoms with Crippen LogP contribution < -0.4 is 4.74 Å². The number of carbonyl (C=O) groups is 1. The molecule has 1 amide bonds. The lowest BCUT2D eigenvalue weighted by molar-refractivity contribution is -0.128. The van der Waals surface area contributed by atoms with E-state index in [2.05, 4.69) is 6.07 Å². The first-order valence-electron chi connectivity index (χ1n) is 5.85. The highest BCUT2D eigenvalue weighted by molar-refractivity contribution is 5.79. The van der Waals surface area contributed by atoms with Crippen LogP contribution in [0.15, 0.2) is 18.2 Å². The fraction of sp³-hybridized carbons (Fsp3) is 0.385. The highest BCUT2D eigenvalue weighted by Crippen LogP contribution is 2.18. The van der Waals surface area contributed by atoms with E-state index < -0.39 is 11.6 Å². The van der Waals surface area contributed by atoms with Gasteiger partial charge in [-0.2, -0.15) is 5.26 Å². The third-order valence-electron chi connectivity index (χ3n) is 2.92. The van der Waals surface area contributed by atoms with Crippen molar-refractivity contribution in [2.45, 2.75) is 6.42 Å². The van der Waals surface area contributed by atoms with E-state index in [0.717, 1.165) is 12.1 Å². The van der Waals surface area contributed by atoms with Crippen LogP contribution in [0, 0.1) is 28.9 Å². The van der Waals surface area contributed by atoms with Crippen LogP contribution in [0.3, 0.4) is 0 Å². The maximum Gasteiger partial charge on any atom is 0.224 e. The van der Waals surface area contributed by atoms with Gasteiger partial charge in [0.1, 0.15) is 12.4 Å². The maximum absolute atomic E-state index is 12.9. The second kappa shape index (κ2) is 5.65. The highest BCUT2D eigenvalue weighted by Gasteiger charge is 2.28. The number of halogens is 2. The molecule has 0 aromatic heterocycles. The minimum absolute atomic E-state index is 0.0829. The Morgan fingerprint density at radius 2 is 2.21 bits per heavy atom. The summed E-state index contributed by atoms with van der Waals surface area (Å²) in [6, 6.07) is 5.31. The van der Waals surface area contributed by atoms with Gasteiger partial charge in [0.05, 0.1) is 18.5 Å². The molecule has 100 valence electrons. The Kier molecular flexibility index (Phi) is 3.95. The van der Waals surface area contributed by atoms with Gasteiger partial charge < -0.3 is 9.64 Å². The number of nitriles is 1. The SMILES string of the molecule is N#CC1CC(=O)N(CCOc2ccc(F)c(F)c2)C1. The minimum atomic E-state index is -0.973. The van der Waals surface area contributed by atoms with Crippen LogP contribution in [-0.4, -0.2) is 30.5 Å². The smallest absolute Gasteiger partial charge is 0.224 e. The first-order valence-corrected chi connectivity index (χ1v) is 5.85. The van der Waals surface area contributed by atoms with Crippen LogP contribution in [0.4, 0.5) is 8.78 Å². The number of likely N-dealkylation sites (tertiary alicyclic amines) is 1. The molecule has 1 aromatic rings. The molecule has 0 radical (unpaired) electrons. The largest absolute Gasteiger partial charge is 0.492 e. The molecule has 19 heavy (non-hydrogen) atoms. The Morgan fingerprint density at radius 1 is 1.42 bits per heavy atom. The summed E-state index contributed by atoms with van der Waals surface area (Å²) >= 11 is 0. The van der Waals surface area contributed by atoms with E-state index in [9.17, 15) is 13.6 Å². The van der Waals surface area contributed by atoms with Crippen LogP contribution in [0.25, 0.3) is 0 Å². The van der Waals surface area contributed by atoms with Crippen LogP contribution in [-0.2, 0) is 4.79 Å². The Bertz CT molecular complexity index is 528. The number of benzene rings is 1. The molecule has 1 aliphatic rings. The Balaban J connectivity index is 1.82. The third-order valence-corrected chi connectivity index (χ3v) is 2.92. The topological polar surface area (TPSA) is 53.3 Å². The zero-order chi connectivity index (χ0) is 13.8. The molecule has 0 N–H and O–H groups in total. The minimum Gasteiger partial charge on any atom is -0.492 e. The molecule has 0 aliphatic carbocycles. The van der Waals surface area contributed by atoms with Crippen molar-refractivity contribution in [2.24, 2.45) is 5.92 Å². The number of amides is 1. The quantitative estimate of drug-likeness (QED) is 0.833. The molecular weight excluding hydrogens is 254 g/mol. The lowest BCUT2D eigenvalue weighted by atomic mass is 10.1. The monoisotopic (exact) mass is 266 g/mol. The van der Waals surface area contributed by atoms with Crippen molar-refractivity contribution < 1.29 is 18.3 Å². The fourth-order valence-electron chi connectivity index (χ4n) is 1.92. The zero-order valence-electron chi connectivity index (χ0n) is 10.1. The summed E-state index contributed by atoms with van der Waals surface area (Å²) in [5.74, 6) is -2.04. The first-order chi connectivity index (χ1) is 9.10. The lowest BCUT2D eigenvalue weighted by Crippen LogP contribution is -2.29. The van der Waals surface area contributed by atoms with Crippen LogP contribution in [0.1, 0.15) is 6.42 Å². The van der Waals surface area contributed by atoms with E-state index in [0.29, 0.717) is 13.1 Å². The number of nitrogens with zero attached hydrogens (tertiary/aromatic N) is 2. The van der Waals surface area contributed by atoms with Gasteiger partial charge in [0, 0.05) is 19.0 Å². The van der Waals surface area contributed by atoms with Crippen LogP contribution >= 0.6 is 0 Å². The molecule has 1 aromatic carbocycles. The van der Waals surface area contributed by atoms with Crippen LogP contribution in [0.2, 0.25) is 0 Å². The standard InChI is InChI=1S/C13H12F2N2O2/c14-11-2-1-10(6-12(11)15)19-4-3-17-8-9(7-16)5-13(17)18/h1-2,6,9H,3-5,8H2. The molecule has 4 nitrogen and oxygen atoms in total. The van der Waals surface area contributed by atoms with E-state index >= 15 is 0 Å². The van der Waals surface area contributed by atoms with Crippen molar-refractivity contribution in [3.8, 4) is 11.8 Å². The van der Waals surface area contributed by atoms with Gasteiger partial charge in [0.25, 0.3) is 0 Å². The van der Waals surface area contributed by atoms with Crippen LogP contribution in [0.5, 0.6) is 5.75 Å². The zero-order valence-corrected chi connectivity index (χ0v) is 10.1. The number of rotatable bonds is 4. The normalized spacial score (nSPS) is 18.5. The third kappa shape index (κ3) is 3.19. The van der Waals surface area contributed by atoms with Crippen molar-refractivity contribution in [3.63, 3.8) is 0 Å². The number of ether oxygens (including phenoxy) is 1. The van der Waals surface area contributed by atoms with E-state index in [1.165, 1.54) is 11.0 Å². The van der Waals surface area contributed by atoms with Crippen molar-refractivity contribution in [1.29, 1.82) is 5.26 Å². The lowest BCUT2D eigenvalue weighted by Gasteiger charge is -2.16. The Hall–Kier alpha value is -2.16. The van der Waals surface area contributed by atoms with Gasteiger partial charge in [-0.05, 0) is 12.1 Å². The van der Waals surface area contributed by atoms with Gasteiger partial charge in [0.2, 0.25) is 5.91 Å². The van der Waals surface area contributed by atoms with E-state index in [1.807, 2.05) is 0 Å². The molecule has 1 unspecified atom stereocenters. The summed E-state index contributed by atoms with van der Waals surface area (Å²) in [6.07, 6.45) is 0.238. The first kappa shape index (κ1) is 13.3. The molecule has 1 atom stereocenters. The summed E-state index contributed by atoms with van der Waals surface area (Å²) in [4.78, 5) is 13.0. The molecule has 1 saturated heterocycles. The van der Waals surface area contributed by atoms with Gasteiger partial charge in [-0.1, -0.05) is 0 Å². The molecular formula is C13H12F2N2O2. The van der Waals surface area contributed by atoms with Crippen molar-refractivity contribution in [1.82, 2.24) is 4.90 Å². The molecule has 0 bridgehead atoms. The molecule has 1 aliphatic heterocycles. The second-order valence-electron chi connectivity index (χ2n) is 4.29. The van der Waals surface area contributed by atoms with Crippen molar-refractivity contribution in [2.75, 3.05) is 19.7 Å². The van der Waals surface area contributed by atoms with E-state index in [-0.39, 0.29) is 30.6 Å². The van der Waals surface area contributed by atoms with E-state index in [1.54, 1.807) is 0 Å². The van der Waals surface area contributed by atoms with Gasteiger partial charge in [0.15, 0.2) is 11.6 Å². The van der Waals surface area contributed by atoms with Gasteiger partial charge in [-0.25, -0.2) is 8.78 Å². The summed E-state index contributed by atoms with van der Waals surface area (Å²) in [6.45, 7) is 0.904. The predicted octanol–water partition coefficient (Wildman–Crippen LogP) is 1.72. The van der Waals surface area contributed by atoms with E-state index in [4.69, 9.17) is 10.00 Å². The summed E-state index contributed by atoms with van der Waals surface area (Å²) in [5, 5.41) is 8.72. The summed E-state index contributed by atoms with van der Waals surface area (Å²) in [5.41, 5.74) is 0. The molecule has 0 spiro atoms. The fourth-order valence-corrected chi connectivity index (χ4v) is 1.92. The molecule has 2 rings (SSSR count). The Morgan fingerprint density at radius 3 is 2.84 bits per heavy atom.